The van der Waals surface area contributed by atoms with Crippen molar-refractivity contribution in [2.24, 2.45) is 22.1 Å². The van der Waals surface area contributed by atoms with E-state index in [1.54, 1.807) is 0 Å². The van der Waals surface area contributed by atoms with E-state index >= 15 is 0 Å². The summed E-state index contributed by atoms with van der Waals surface area (Å²) < 4.78 is 5.47. The van der Waals surface area contributed by atoms with E-state index in [0.29, 0.717) is 38.1 Å². The zero-order valence-corrected chi connectivity index (χ0v) is 10.5. The third-order valence-corrected chi connectivity index (χ3v) is 2.42. The lowest BCUT2D eigenvalue weighted by Gasteiger charge is -2.10. The van der Waals surface area contributed by atoms with Gasteiger partial charge in [-0.2, -0.15) is 0 Å². The van der Waals surface area contributed by atoms with E-state index in [-0.39, 0.29) is 0 Å². The third-order valence-electron chi connectivity index (χ3n) is 2.42. The van der Waals surface area contributed by atoms with E-state index in [1.807, 2.05) is 13.8 Å². The second-order valence-corrected chi connectivity index (χ2v) is 4.23. The van der Waals surface area contributed by atoms with E-state index in [1.165, 1.54) is 0 Å². The van der Waals surface area contributed by atoms with Crippen molar-refractivity contribution in [3.05, 3.63) is 20.9 Å². The van der Waals surface area contributed by atoms with Crippen molar-refractivity contribution in [1.82, 2.24) is 0 Å². The van der Waals surface area contributed by atoms with Crippen LogP contribution in [0.3, 0.4) is 0 Å². The molecule has 0 saturated heterocycles. The first-order chi connectivity index (χ1) is 8.20. The van der Waals surface area contributed by atoms with Crippen LogP contribution in [0.15, 0.2) is 10.2 Å². The third kappa shape index (κ3) is 10.9. The van der Waals surface area contributed by atoms with Crippen LogP contribution in [0, 0.1) is 11.8 Å². The molecule has 0 radical (unpaired) electrons. The van der Waals surface area contributed by atoms with Crippen molar-refractivity contribution in [3.63, 3.8) is 0 Å². The van der Waals surface area contributed by atoms with Gasteiger partial charge in [0, 0.05) is 36.1 Å². The summed E-state index contributed by atoms with van der Waals surface area (Å²) in [4.78, 5) is 5.43. The lowest BCUT2D eigenvalue weighted by Crippen LogP contribution is -2.08. The molecule has 0 aromatic rings. The molecule has 96 valence electrons. The van der Waals surface area contributed by atoms with Crippen molar-refractivity contribution in [1.29, 1.82) is 0 Å². The molecule has 2 atom stereocenters. The van der Waals surface area contributed by atoms with E-state index in [9.17, 15) is 0 Å². The minimum absolute atomic E-state index is 0.353. The van der Waals surface area contributed by atoms with Crippen LogP contribution >= 0.6 is 0 Å². The number of nitrogens with zero attached hydrogens (tertiary/aromatic N) is 6. The minimum Gasteiger partial charge on any atom is -0.381 e. The smallest absolute Gasteiger partial charge is 0.0468 e. The second-order valence-electron chi connectivity index (χ2n) is 4.23. The normalized spacial score (nSPS) is 13.3. The largest absolute Gasteiger partial charge is 0.381 e. The summed E-state index contributed by atoms with van der Waals surface area (Å²) in [6.07, 6.45) is 1.79. The standard InChI is InChI=1S/C10H20N6O/c1-9(7-13-15-11)3-5-17-6-4-10(2)8-14-16-12/h9-10H,3-8H2,1-2H3. The monoisotopic (exact) mass is 240 g/mol. The molecule has 0 aromatic heterocycles. The SMILES string of the molecule is CC(CCOCCC(C)CN=[N+]=[N-])CN=[N+]=[N-]. The highest BCUT2D eigenvalue weighted by atomic mass is 16.5. The highest BCUT2D eigenvalue weighted by molar-refractivity contribution is 4.58. The Hall–Kier alpha value is -1.42. The zero-order chi connectivity index (χ0) is 12.9. The Bertz CT molecular complexity index is 255. The van der Waals surface area contributed by atoms with Gasteiger partial charge in [-0.1, -0.05) is 24.1 Å². The maximum atomic E-state index is 8.15. The molecule has 0 fully saturated rings. The van der Waals surface area contributed by atoms with Crippen molar-refractivity contribution >= 4 is 0 Å². The van der Waals surface area contributed by atoms with Gasteiger partial charge in [0.15, 0.2) is 0 Å². The van der Waals surface area contributed by atoms with Gasteiger partial charge in [-0.25, -0.2) is 0 Å². The van der Waals surface area contributed by atoms with Gasteiger partial charge in [-0.15, -0.1) is 0 Å². The molecule has 0 bridgehead atoms. The summed E-state index contributed by atoms with van der Waals surface area (Å²) in [5.41, 5.74) is 16.3. The Morgan fingerprint density at radius 3 is 1.71 bits per heavy atom. The molecule has 2 unspecified atom stereocenters. The van der Waals surface area contributed by atoms with E-state index < -0.39 is 0 Å². The molecular weight excluding hydrogens is 220 g/mol. The molecule has 17 heavy (non-hydrogen) atoms. The molecule has 0 aliphatic rings. The lowest BCUT2D eigenvalue weighted by molar-refractivity contribution is 0.112. The zero-order valence-electron chi connectivity index (χ0n) is 10.5. The molecular formula is C10H20N6O. The van der Waals surface area contributed by atoms with Crippen LogP contribution < -0.4 is 0 Å². The number of hydrogen-bond acceptors (Lipinski definition) is 3. The molecule has 0 aliphatic heterocycles. The Morgan fingerprint density at radius 1 is 0.941 bits per heavy atom. The topological polar surface area (TPSA) is 107 Å². The molecule has 0 spiro atoms. The first-order valence-corrected chi connectivity index (χ1v) is 5.80. The summed E-state index contributed by atoms with van der Waals surface area (Å²) in [6.45, 7) is 6.46. The fraction of sp³-hybridized carbons (Fsp3) is 1.00. The quantitative estimate of drug-likeness (QED) is 0.247. The first kappa shape index (κ1) is 15.6. The maximum Gasteiger partial charge on any atom is 0.0468 e. The molecule has 0 rings (SSSR count). The molecule has 0 aromatic carbocycles. The van der Waals surface area contributed by atoms with Crippen molar-refractivity contribution in [2.45, 2.75) is 26.7 Å². The summed E-state index contributed by atoms with van der Waals surface area (Å²) in [6, 6.07) is 0. The Kier molecular flexibility index (Phi) is 10.2. The average molecular weight is 240 g/mol. The maximum absolute atomic E-state index is 8.15. The molecule has 0 amide bonds. The Labute approximate surface area is 101 Å². The van der Waals surface area contributed by atoms with Gasteiger partial charge in [0.25, 0.3) is 0 Å². The van der Waals surface area contributed by atoms with E-state index in [4.69, 9.17) is 15.8 Å². The molecule has 0 aliphatic carbocycles. The van der Waals surface area contributed by atoms with Gasteiger partial charge in [0.2, 0.25) is 0 Å². The number of hydrogen-bond donors (Lipinski definition) is 0. The number of azide groups is 2. The van der Waals surface area contributed by atoms with Crippen molar-refractivity contribution in [3.8, 4) is 0 Å². The van der Waals surface area contributed by atoms with Crippen LogP contribution in [0.25, 0.3) is 20.9 Å². The van der Waals surface area contributed by atoms with Gasteiger partial charge in [0.1, 0.15) is 0 Å². The second kappa shape index (κ2) is 11.1. The first-order valence-electron chi connectivity index (χ1n) is 5.80. The van der Waals surface area contributed by atoms with Crippen LogP contribution in [0.2, 0.25) is 0 Å². The van der Waals surface area contributed by atoms with Gasteiger partial charge < -0.3 is 4.74 Å². The number of rotatable bonds is 10. The Balaban J connectivity index is 3.39. The van der Waals surface area contributed by atoms with Gasteiger partial charge in [-0.3, -0.25) is 0 Å². The summed E-state index contributed by atoms with van der Waals surface area (Å²) in [7, 11) is 0. The highest BCUT2D eigenvalue weighted by Gasteiger charge is 2.02. The van der Waals surface area contributed by atoms with Gasteiger partial charge >= 0.3 is 0 Å². The highest BCUT2D eigenvalue weighted by Crippen LogP contribution is 2.05. The van der Waals surface area contributed by atoms with E-state index in [2.05, 4.69) is 20.1 Å². The van der Waals surface area contributed by atoms with Crippen LogP contribution in [-0.4, -0.2) is 26.3 Å². The average Bonchev–Trinajstić information content (AvgIpc) is 2.33. The molecule has 0 heterocycles. The molecule has 0 N–H and O–H groups in total. The van der Waals surface area contributed by atoms with Crippen LogP contribution in [0.1, 0.15) is 26.7 Å². The Morgan fingerprint density at radius 2 is 1.35 bits per heavy atom. The van der Waals surface area contributed by atoms with Crippen molar-refractivity contribution in [2.75, 3.05) is 26.3 Å². The van der Waals surface area contributed by atoms with Crippen molar-refractivity contribution < 1.29 is 4.74 Å². The summed E-state index contributed by atoms with van der Waals surface area (Å²) in [5.74, 6) is 0.707. The van der Waals surface area contributed by atoms with Crippen LogP contribution in [0.5, 0.6) is 0 Å². The molecule has 7 nitrogen and oxygen atoms in total. The molecule has 0 saturated carbocycles. The van der Waals surface area contributed by atoms with Gasteiger partial charge in [-0.05, 0) is 35.7 Å². The van der Waals surface area contributed by atoms with Crippen LogP contribution in [-0.2, 0) is 4.74 Å². The fourth-order valence-electron chi connectivity index (χ4n) is 1.21. The fourth-order valence-corrected chi connectivity index (χ4v) is 1.21. The predicted molar refractivity (Wildman–Crippen MR) is 66.4 cm³/mol. The lowest BCUT2D eigenvalue weighted by atomic mass is 10.1. The summed E-state index contributed by atoms with van der Waals surface area (Å²) >= 11 is 0. The summed E-state index contributed by atoms with van der Waals surface area (Å²) in [5, 5.41) is 7.02. The number of ether oxygens (including phenoxy) is 1. The van der Waals surface area contributed by atoms with Crippen LogP contribution in [0.4, 0.5) is 0 Å². The predicted octanol–water partition coefficient (Wildman–Crippen LogP) is 3.68. The van der Waals surface area contributed by atoms with E-state index in [0.717, 1.165) is 12.8 Å². The van der Waals surface area contributed by atoms with Gasteiger partial charge in [0.05, 0.1) is 0 Å². The minimum atomic E-state index is 0.353. The molecule has 7 heteroatoms.